The Balaban J connectivity index is 0.951. The number of amides is 2. The van der Waals surface area contributed by atoms with Crippen molar-refractivity contribution < 1.29 is 38.1 Å². The van der Waals surface area contributed by atoms with E-state index in [0.29, 0.717) is 77.2 Å². The number of anilines is 3. The Hall–Kier alpha value is -6.82. The maximum absolute atomic E-state index is 14.0. The molecule has 2 atom stereocenters. The largest absolute Gasteiger partial charge is 0.494 e. The number of para-hydroxylation sites is 2. The normalized spacial score (nSPS) is 16.9. The van der Waals surface area contributed by atoms with Crippen LogP contribution in [-0.4, -0.2) is 63.3 Å². The second-order valence-electron chi connectivity index (χ2n) is 15.5. The highest BCUT2D eigenvalue weighted by molar-refractivity contribution is 6.15. The number of carbonyl (C=O) groups is 3. The van der Waals surface area contributed by atoms with Crippen LogP contribution in [0.3, 0.4) is 0 Å². The molecule has 0 aliphatic carbocycles. The highest BCUT2D eigenvalue weighted by Gasteiger charge is 2.38. The lowest BCUT2D eigenvalue weighted by atomic mass is 10.1. The van der Waals surface area contributed by atoms with Gasteiger partial charge in [-0.3, -0.25) is 19.5 Å². The van der Waals surface area contributed by atoms with Gasteiger partial charge in [0, 0.05) is 49.1 Å². The third-order valence-corrected chi connectivity index (χ3v) is 11.5. The zero-order chi connectivity index (χ0) is 41.3. The van der Waals surface area contributed by atoms with Crippen molar-refractivity contribution in [3.63, 3.8) is 0 Å². The van der Waals surface area contributed by atoms with E-state index in [1.807, 2.05) is 77.8 Å². The Kier molecular flexibility index (Phi) is 10.6. The lowest BCUT2D eigenvalue weighted by Gasteiger charge is -2.22. The number of benzene rings is 5. The number of hydrogen-bond donors (Lipinski definition) is 1. The fraction of sp³-hybridized carbons (Fsp3) is 0.292. The second-order valence-corrected chi connectivity index (χ2v) is 15.5. The first-order valence-electron chi connectivity index (χ1n) is 20.3. The molecule has 0 aromatic heterocycles. The number of aliphatic imine (C=N–C) groups is 1. The van der Waals surface area contributed by atoms with Crippen molar-refractivity contribution in [1.29, 1.82) is 0 Å². The average Bonchev–Trinajstić information content (AvgIpc) is 3.75. The molecule has 0 saturated carbocycles. The summed E-state index contributed by atoms with van der Waals surface area (Å²) in [4.78, 5) is 47.9. The molecule has 2 amide bonds. The van der Waals surface area contributed by atoms with Gasteiger partial charge in [0.25, 0.3) is 11.8 Å². The van der Waals surface area contributed by atoms with Crippen LogP contribution in [0.25, 0.3) is 0 Å². The zero-order valence-corrected chi connectivity index (χ0v) is 33.9. The smallest absolute Gasteiger partial charge is 0.261 e. The maximum atomic E-state index is 14.0. The van der Waals surface area contributed by atoms with E-state index in [0.717, 1.165) is 52.9 Å². The van der Waals surface area contributed by atoms with Crippen LogP contribution in [0.15, 0.2) is 96.0 Å². The van der Waals surface area contributed by atoms with Crippen molar-refractivity contribution >= 4 is 46.6 Å². The number of nitrogens with zero attached hydrogens (tertiary/aromatic N) is 3. The van der Waals surface area contributed by atoms with Crippen molar-refractivity contribution in [2.45, 2.75) is 64.3 Å². The molecule has 12 heteroatoms. The number of ketones is 1. The van der Waals surface area contributed by atoms with Gasteiger partial charge in [0.15, 0.2) is 23.0 Å². The van der Waals surface area contributed by atoms with E-state index in [2.05, 4.69) is 11.4 Å². The van der Waals surface area contributed by atoms with Crippen LogP contribution in [0, 0.1) is 0 Å². The quantitative estimate of drug-likeness (QED) is 0.110. The molecule has 1 unspecified atom stereocenters. The molecule has 9 rings (SSSR count). The van der Waals surface area contributed by atoms with Gasteiger partial charge in [-0.25, -0.2) is 0 Å². The second kappa shape index (κ2) is 16.4. The van der Waals surface area contributed by atoms with Crippen molar-refractivity contribution in [2.75, 3.05) is 42.5 Å². The van der Waals surface area contributed by atoms with E-state index in [1.165, 1.54) is 0 Å². The molecule has 0 fully saturated rings. The Morgan fingerprint density at radius 2 is 1.35 bits per heavy atom. The summed E-state index contributed by atoms with van der Waals surface area (Å²) in [5, 5.41) is 3.50. The molecule has 306 valence electrons. The van der Waals surface area contributed by atoms with Crippen molar-refractivity contribution in [3.05, 3.63) is 124 Å². The molecular weight excluding hydrogens is 761 g/mol. The standard InChI is InChI=1S/C48H46N4O8/c1-29(53)10-8-9-15-58-36-17-30(27-59-45-23-39-37(21-43(45)56-2)47(54)51-34(25-49-39)19-32-11-4-6-13-41(32)51)16-31(18-36)28-60-46-24-40-38(22-44(46)57-3)48(55)52-35(26-50-40)20-33-12-5-7-14-42(33)52/h4-7,11-14,16-18,21-25,34-35,50H,8-10,15,19-20,26-28H2,1-3H3/t34?,35-/m0/s1. The topological polar surface area (TPSA) is 128 Å². The summed E-state index contributed by atoms with van der Waals surface area (Å²) in [5.74, 6) is 2.35. The number of ether oxygens (including phenoxy) is 5. The summed E-state index contributed by atoms with van der Waals surface area (Å²) >= 11 is 0. The molecule has 1 N–H and O–H groups in total. The van der Waals surface area contributed by atoms with E-state index in [-0.39, 0.29) is 42.9 Å². The summed E-state index contributed by atoms with van der Waals surface area (Å²) in [6.07, 6.45) is 5.29. The first-order valence-corrected chi connectivity index (χ1v) is 20.3. The van der Waals surface area contributed by atoms with Crippen LogP contribution in [0.1, 0.15) is 69.2 Å². The van der Waals surface area contributed by atoms with E-state index in [9.17, 15) is 14.4 Å². The van der Waals surface area contributed by atoms with Crippen LogP contribution in [0.5, 0.6) is 28.7 Å². The first-order chi connectivity index (χ1) is 29.3. The summed E-state index contributed by atoms with van der Waals surface area (Å²) in [7, 11) is 3.11. The van der Waals surface area contributed by atoms with Gasteiger partial charge in [0.1, 0.15) is 24.7 Å². The lowest BCUT2D eigenvalue weighted by Crippen LogP contribution is -2.39. The molecule has 12 nitrogen and oxygen atoms in total. The molecule has 4 aliphatic heterocycles. The summed E-state index contributed by atoms with van der Waals surface area (Å²) < 4.78 is 30.6. The number of Topliss-reactive ketones (excluding diaryl/α,β-unsaturated/α-hetero) is 1. The van der Waals surface area contributed by atoms with Gasteiger partial charge in [-0.05, 0) is 90.9 Å². The molecule has 5 aromatic rings. The molecule has 60 heavy (non-hydrogen) atoms. The van der Waals surface area contributed by atoms with Crippen LogP contribution >= 0.6 is 0 Å². The summed E-state index contributed by atoms with van der Waals surface area (Å²) in [6, 6.07) is 28.7. The SMILES string of the molecule is COc1cc2c(cc1OCc1cc(COc3cc4c(cc3OC)C(=O)N3c5ccccc5C[C@H]3CN4)cc(OCCCCC(C)=O)c1)N=CC1Cc3ccccc3N1C2=O. The molecule has 0 saturated heterocycles. The predicted molar refractivity (Wildman–Crippen MR) is 229 cm³/mol. The third kappa shape index (κ3) is 7.49. The van der Waals surface area contributed by atoms with Crippen LogP contribution < -0.4 is 38.8 Å². The van der Waals surface area contributed by atoms with Gasteiger partial charge in [0.05, 0.1) is 55.4 Å². The van der Waals surface area contributed by atoms with E-state index < -0.39 is 0 Å². The van der Waals surface area contributed by atoms with Gasteiger partial charge >= 0.3 is 0 Å². The summed E-state index contributed by atoms with van der Waals surface area (Å²) in [5.41, 5.74) is 7.89. The number of fused-ring (bicyclic) bond motifs is 8. The minimum absolute atomic E-state index is 0.000338. The van der Waals surface area contributed by atoms with Gasteiger partial charge in [-0.1, -0.05) is 36.4 Å². The average molecular weight is 807 g/mol. The molecule has 5 aromatic carbocycles. The zero-order valence-electron chi connectivity index (χ0n) is 33.9. The van der Waals surface area contributed by atoms with Crippen molar-refractivity contribution in [1.82, 2.24) is 0 Å². The lowest BCUT2D eigenvalue weighted by molar-refractivity contribution is -0.117. The number of unbranched alkanes of at least 4 members (excludes halogenated alkanes) is 1. The number of methoxy groups -OCH3 is 2. The highest BCUT2D eigenvalue weighted by Crippen LogP contribution is 2.43. The maximum Gasteiger partial charge on any atom is 0.261 e. The predicted octanol–water partition coefficient (Wildman–Crippen LogP) is 8.28. The molecule has 0 spiro atoms. The molecule has 0 radical (unpaired) electrons. The van der Waals surface area contributed by atoms with Crippen LogP contribution in [-0.2, 0) is 30.8 Å². The molecule has 4 heterocycles. The number of carbonyl (C=O) groups excluding carboxylic acids is 3. The molecule has 0 bridgehead atoms. The molecule has 4 aliphatic rings. The monoisotopic (exact) mass is 806 g/mol. The number of hydrogen-bond acceptors (Lipinski definition) is 10. The van der Waals surface area contributed by atoms with E-state index >= 15 is 0 Å². The third-order valence-electron chi connectivity index (χ3n) is 11.5. The Morgan fingerprint density at radius 1 is 0.717 bits per heavy atom. The first kappa shape index (κ1) is 38.7. The van der Waals surface area contributed by atoms with E-state index in [1.54, 1.807) is 44.2 Å². The Labute approximate surface area is 348 Å². The van der Waals surface area contributed by atoms with Crippen molar-refractivity contribution in [3.8, 4) is 28.7 Å². The van der Waals surface area contributed by atoms with E-state index in [4.69, 9.17) is 28.7 Å². The highest BCUT2D eigenvalue weighted by atomic mass is 16.5. The molecular formula is C48H46N4O8. The van der Waals surface area contributed by atoms with Crippen LogP contribution in [0.4, 0.5) is 22.7 Å². The minimum atomic E-state index is -0.177. The van der Waals surface area contributed by atoms with Crippen molar-refractivity contribution in [2.24, 2.45) is 4.99 Å². The minimum Gasteiger partial charge on any atom is -0.494 e. The summed E-state index contributed by atoms with van der Waals surface area (Å²) in [6.45, 7) is 2.95. The Morgan fingerprint density at radius 3 is 2.05 bits per heavy atom. The van der Waals surface area contributed by atoms with Crippen LogP contribution in [0.2, 0.25) is 0 Å². The van der Waals surface area contributed by atoms with Gasteiger partial charge in [-0.2, -0.15) is 0 Å². The fourth-order valence-electron chi connectivity index (χ4n) is 8.57. The Bertz CT molecular complexity index is 2530. The van der Waals surface area contributed by atoms with Gasteiger partial charge < -0.3 is 38.7 Å². The number of nitrogens with one attached hydrogen (secondary N) is 1. The van der Waals surface area contributed by atoms with Gasteiger partial charge in [-0.15, -0.1) is 0 Å². The van der Waals surface area contributed by atoms with Gasteiger partial charge in [0.2, 0.25) is 0 Å². The number of rotatable bonds is 14. The fourth-order valence-corrected chi connectivity index (χ4v) is 8.57.